The summed E-state index contributed by atoms with van der Waals surface area (Å²) in [6.07, 6.45) is 4.00. The first-order chi connectivity index (χ1) is 10.2. The van der Waals surface area contributed by atoms with E-state index < -0.39 is 25.3 Å². The van der Waals surface area contributed by atoms with Gasteiger partial charge in [-0.05, 0) is 6.07 Å². The molecule has 2 heterocycles. The molecule has 13 heteroatoms. The van der Waals surface area contributed by atoms with Gasteiger partial charge in [0.2, 0.25) is 0 Å². The second kappa shape index (κ2) is 8.76. The Labute approximate surface area is 188 Å². The topological polar surface area (TPSA) is 162 Å². The van der Waals surface area contributed by atoms with Crippen LogP contribution in [0.4, 0.5) is 5.69 Å². The Balaban J connectivity index is 0.00000192. The van der Waals surface area contributed by atoms with Crippen LogP contribution in [0.25, 0.3) is 17.0 Å². The summed E-state index contributed by atoms with van der Waals surface area (Å²) in [4.78, 5) is 3.34. The zero-order valence-corrected chi connectivity index (χ0v) is 19.0. The van der Waals surface area contributed by atoms with Gasteiger partial charge in [-0.15, -0.1) is 0 Å². The van der Waals surface area contributed by atoms with Crippen molar-refractivity contribution in [1.82, 2.24) is 4.98 Å². The van der Waals surface area contributed by atoms with Gasteiger partial charge in [-0.3, -0.25) is 9.29 Å². The summed E-state index contributed by atoms with van der Waals surface area (Å²) in [5.74, 6) is 0. The van der Waals surface area contributed by atoms with Gasteiger partial charge in [0.05, 0.1) is 22.6 Å². The first-order valence-electron chi connectivity index (χ1n) is 5.97. The van der Waals surface area contributed by atoms with E-state index in [0.29, 0.717) is 9.87 Å². The zero-order valence-electron chi connectivity index (χ0n) is 13.3. The Morgan fingerprint density at radius 3 is 2.28 bits per heavy atom. The molecule has 3 rings (SSSR count). The average Bonchev–Trinajstić information content (AvgIpc) is 2.43. The number of anilines is 1. The van der Waals surface area contributed by atoms with Crippen molar-refractivity contribution >= 4 is 43.1 Å². The van der Waals surface area contributed by atoms with E-state index in [-0.39, 0.29) is 87.7 Å². The standard InChI is InChI=1S/C12H10N2O6S2.2Na.H2O/c15-21(16,17)10-6-9-4-3-8-2-1-5-14(22(18,19)20)12(8)11(9)13-7-10;;;/h1-4,6-7H,5H2,(H,15,16,17)(H,18,19,20);;;1H2/q;2*+1;/p-2. The quantitative estimate of drug-likeness (QED) is 0.355. The largest absolute Gasteiger partial charge is 1.00 e. The monoisotopic (exact) mass is 404 g/mol. The summed E-state index contributed by atoms with van der Waals surface area (Å²) in [7, 11) is -9.43. The number of hydrogen-bond donors (Lipinski definition) is 0. The summed E-state index contributed by atoms with van der Waals surface area (Å²) in [5.41, 5.74) is 0.668. The third-order valence-electron chi connectivity index (χ3n) is 3.21. The van der Waals surface area contributed by atoms with E-state index in [2.05, 4.69) is 4.98 Å². The van der Waals surface area contributed by atoms with E-state index in [1.54, 1.807) is 6.08 Å². The van der Waals surface area contributed by atoms with Crippen LogP contribution in [0.2, 0.25) is 0 Å². The van der Waals surface area contributed by atoms with Crippen LogP contribution in [-0.2, 0) is 20.4 Å². The van der Waals surface area contributed by atoms with Crippen molar-refractivity contribution in [3.8, 4) is 0 Å². The van der Waals surface area contributed by atoms with Gasteiger partial charge >= 0.3 is 59.1 Å². The number of benzene rings is 1. The molecule has 0 amide bonds. The molecule has 0 aliphatic carbocycles. The molecule has 25 heavy (non-hydrogen) atoms. The maximum Gasteiger partial charge on any atom is 1.00 e. The predicted octanol–water partition coefficient (Wildman–Crippen LogP) is -6.38. The van der Waals surface area contributed by atoms with Crippen molar-refractivity contribution in [2.75, 3.05) is 10.8 Å². The van der Waals surface area contributed by atoms with Crippen LogP contribution in [0.3, 0.4) is 0 Å². The Bertz CT molecular complexity index is 1020. The van der Waals surface area contributed by atoms with E-state index >= 15 is 0 Å². The minimum atomic E-state index is -4.76. The SMILES string of the molecule is O.O=S(=O)([O-])c1cnc2c3c(ccc2c1)C=CCN3S(=O)(=O)[O-].[Na+].[Na+]. The fraction of sp³-hybridized carbons (Fsp3) is 0.0833. The van der Waals surface area contributed by atoms with E-state index in [4.69, 9.17) is 0 Å². The van der Waals surface area contributed by atoms with Crippen LogP contribution < -0.4 is 63.4 Å². The van der Waals surface area contributed by atoms with Crippen molar-refractivity contribution < 1.29 is 90.5 Å². The van der Waals surface area contributed by atoms with Crippen LogP contribution in [-0.4, -0.2) is 42.9 Å². The van der Waals surface area contributed by atoms with Crippen molar-refractivity contribution in [2.24, 2.45) is 0 Å². The first kappa shape index (κ1) is 24.9. The number of hydrogen-bond acceptors (Lipinski definition) is 7. The second-order valence-electron chi connectivity index (χ2n) is 4.59. The maximum absolute atomic E-state index is 11.4. The molecule has 2 aromatic rings. The summed E-state index contributed by atoms with van der Waals surface area (Å²) < 4.78 is 67.9. The van der Waals surface area contributed by atoms with Crippen LogP contribution in [0.1, 0.15) is 5.56 Å². The summed E-state index contributed by atoms with van der Waals surface area (Å²) in [6.45, 7) is -0.138. The minimum absolute atomic E-state index is 0. The summed E-state index contributed by atoms with van der Waals surface area (Å²) in [6, 6.07) is 4.12. The average molecular weight is 404 g/mol. The van der Waals surface area contributed by atoms with Crippen molar-refractivity contribution in [2.45, 2.75) is 4.90 Å². The van der Waals surface area contributed by atoms with E-state index in [0.717, 1.165) is 12.3 Å². The van der Waals surface area contributed by atoms with Crippen molar-refractivity contribution in [1.29, 1.82) is 0 Å². The Kier molecular flexibility index (Phi) is 8.74. The molecule has 0 unspecified atom stereocenters. The van der Waals surface area contributed by atoms with Crippen molar-refractivity contribution in [3.05, 3.63) is 36.0 Å². The summed E-state index contributed by atoms with van der Waals surface area (Å²) >= 11 is 0. The number of aromatic nitrogens is 1. The molecular formula is C12H10N2Na2O7S2. The molecule has 0 bridgehead atoms. The molecule has 0 saturated heterocycles. The molecule has 9 nitrogen and oxygen atoms in total. The Morgan fingerprint density at radius 2 is 1.72 bits per heavy atom. The Morgan fingerprint density at radius 1 is 1.08 bits per heavy atom. The molecule has 1 aromatic carbocycles. The normalized spacial score (nSPS) is 13.3. The van der Waals surface area contributed by atoms with Gasteiger partial charge in [0.25, 0.3) is 0 Å². The van der Waals surface area contributed by atoms with Gasteiger partial charge in [-0.2, -0.15) is 0 Å². The fourth-order valence-electron chi connectivity index (χ4n) is 2.28. The van der Waals surface area contributed by atoms with Gasteiger partial charge in [-0.25, -0.2) is 16.8 Å². The molecule has 1 aliphatic heterocycles. The van der Waals surface area contributed by atoms with Crippen molar-refractivity contribution in [3.63, 3.8) is 0 Å². The van der Waals surface area contributed by atoms with E-state index in [9.17, 15) is 25.9 Å². The maximum atomic E-state index is 11.4. The number of pyridine rings is 1. The molecule has 0 saturated carbocycles. The van der Waals surface area contributed by atoms with E-state index in [1.807, 2.05) is 0 Å². The van der Waals surface area contributed by atoms with Crippen LogP contribution in [0.5, 0.6) is 0 Å². The van der Waals surface area contributed by atoms with Gasteiger partial charge in [-0.1, -0.05) is 24.3 Å². The second-order valence-corrected chi connectivity index (χ2v) is 7.27. The number of rotatable bonds is 2. The smallest absolute Gasteiger partial charge is 0.744 e. The predicted molar refractivity (Wildman–Crippen MR) is 79.4 cm³/mol. The van der Waals surface area contributed by atoms with Crippen LogP contribution in [0.15, 0.2) is 35.4 Å². The molecule has 0 atom stereocenters. The molecular weight excluding hydrogens is 394 g/mol. The van der Waals surface area contributed by atoms with Gasteiger partial charge in [0.15, 0.2) is 10.3 Å². The Hall–Kier alpha value is -0.0500. The van der Waals surface area contributed by atoms with Crippen LogP contribution in [0, 0.1) is 0 Å². The summed E-state index contributed by atoms with van der Waals surface area (Å²) in [5, 5.41) is 0.250. The number of nitrogens with zero attached hydrogens (tertiary/aromatic N) is 2. The molecule has 2 N–H and O–H groups in total. The number of fused-ring (bicyclic) bond motifs is 3. The molecule has 124 valence electrons. The zero-order chi connectivity index (χ0) is 16.1. The van der Waals surface area contributed by atoms with Gasteiger partial charge in [0.1, 0.15) is 10.1 Å². The molecule has 0 fully saturated rings. The van der Waals surface area contributed by atoms with Gasteiger partial charge < -0.3 is 14.6 Å². The van der Waals surface area contributed by atoms with Gasteiger partial charge in [0, 0.05) is 17.1 Å². The third-order valence-corrected chi connectivity index (χ3v) is 4.88. The first-order valence-corrected chi connectivity index (χ1v) is 8.74. The van der Waals surface area contributed by atoms with E-state index in [1.165, 1.54) is 18.2 Å². The van der Waals surface area contributed by atoms with Crippen LogP contribution >= 0.6 is 0 Å². The molecule has 0 radical (unpaired) electrons. The minimum Gasteiger partial charge on any atom is -0.744 e. The molecule has 1 aliphatic rings. The third kappa shape index (κ3) is 5.02. The molecule has 1 aromatic heterocycles. The molecule has 0 spiro atoms. The fourth-order valence-corrected chi connectivity index (χ4v) is 3.42.